The zero-order valence-corrected chi connectivity index (χ0v) is 11.0. The van der Waals surface area contributed by atoms with Crippen molar-refractivity contribution in [3.05, 3.63) is 35.9 Å². The average Bonchev–Trinajstić information content (AvgIpc) is 2.24. The zero-order chi connectivity index (χ0) is 13.1. The van der Waals surface area contributed by atoms with Crippen molar-refractivity contribution < 1.29 is 9.90 Å². The van der Waals surface area contributed by atoms with Gasteiger partial charge in [0.15, 0.2) is 0 Å². The lowest BCUT2D eigenvalue weighted by Crippen LogP contribution is -2.46. The number of carboxylic acids is 1. The maximum atomic E-state index is 11.5. The zero-order valence-electron chi connectivity index (χ0n) is 11.0. The molecule has 94 valence electrons. The van der Waals surface area contributed by atoms with Gasteiger partial charge in [0.1, 0.15) is 6.04 Å². The second-order valence-electron chi connectivity index (χ2n) is 5.11. The van der Waals surface area contributed by atoms with Crippen molar-refractivity contribution in [2.75, 3.05) is 6.54 Å². The van der Waals surface area contributed by atoms with Crippen molar-refractivity contribution in [2.24, 2.45) is 0 Å². The van der Waals surface area contributed by atoms with E-state index >= 15 is 0 Å². The Hall–Kier alpha value is -1.35. The number of carboxylic acid groups (broad SMARTS) is 1. The summed E-state index contributed by atoms with van der Waals surface area (Å²) < 4.78 is 0. The van der Waals surface area contributed by atoms with Crippen molar-refractivity contribution >= 4 is 5.97 Å². The monoisotopic (exact) mass is 235 g/mol. The van der Waals surface area contributed by atoms with Crippen molar-refractivity contribution in [1.29, 1.82) is 0 Å². The summed E-state index contributed by atoms with van der Waals surface area (Å²) in [5, 5.41) is 9.45. The first-order valence-electron chi connectivity index (χ1n) is 5.92. The lowest BCUT2D eigenvalue weighted by Gasteiger charge is -2.39. The molecule has 0 aromatic heterocycles. The van der Waals surface area contributed by atoms with E-state index in [1.165, 1.54) is 0 Å². The Labute approximate surface area is 103 Å². The molecule has 0 amide bonds. The van der Waals surface area contributed by atoms with Crippen LogP contribution in [0.15, 0.2) is 30.3 Å². The predicted octanol–water partition coefficient (Wildman–Crippen LogP) is 2.93. The maximum absolute atomic E-state index is 11.5. The van der Waals surface area contributed by atoms with E-state index in [-0.39, 0.29) is 5.54 Å². The molecule has 0 saturated carbocycles. The number of aliphatic carboxylic acids is 1. The average molecular weight is 235 g/mol. The lowest BCUT2D eigenvalue weighted by molar-refractivity contribution is -0.146. The quantitative estimate of drug-likeness (QED) is 0.872. The van der Waals surface area contributed by atoms with Gasteiger partial charge in [-0.25, -0.2) is 0 Å². The first-order chi connectivity index (χ1) is 7.88. The summed E-state index contributed by atoms with van der Waals surface area (Å²) in [7, 11) is 0. The number of likely N-dealkylation sites (N-methyl/N-ethyl adjacent to an activating group) is 1. The molecule has 0 fully saturated rings. The van der Waals surface area contributed by atoms with Crippen LogP contribution >= 0.6 is 0 Å². The fourth-order valence-corrected chi connectivity index (χ4v) is 2.14. The van der Waals surface area contributed by atoms with Crippen molar-refractivity contribution in [3.63, 3.8) is 0 Å². The van der Waals surface area contributed by atoms with E-state index in [4.69, 9.17) is 0 Å². The number of carbonyl (C=O) groups is 1. The Bertz CT molecular complexity index is 368. The number of rotatable bonds is 4. The van der Waals surface area contributed by atoms with Crippen LogP contribution in [0.2, 0.25) is 0 Å². The SMILES string of the molecule is CCN(C(C(=O)O)c1ccccc1)C(C)(C)C. The molecule has 0 saturated heterocycles. The number of hydrogen-bond acceptors (Lipinski definition) is 2. The maximum Gasteiger partial charge on any atom is 0.325 e. The number of benzene rings is 1. The number of hydrogen-bond donors (Lipinski definition) is 1. The Morgan fingerprint density at radius 1 is 1.29 bits per heavy atom. The minimum Gasteiger partial charge on any atom is -0.480 e. The van der Waals surface area contributed by atoms with Crippen LogP contribution in [0.3, 0.4) is 0 Å². The van der Waals surface area contributed by atoms with Crippen LogP contribution in [-0.2, 0) is 4.79 Å². The van der Waals surface area contributed by atoms with Gasteiger partial charge < -0.3 is 5.11 Å². The molecule has 0 heterocycles. The van der Waals surface area contributed by atoms with Gasteiger partial charge in [0.25, 0.3) is 0 Å². The van der Waals surface area contributed by atoms with Gasteiger partial charge in [-0.3, -0.25) is 9.69 Å². The minimum atomic E-state index is -0.798. The summed E-state index contributed by atoms with van der Waals surface area (Å²) >= 11 is 0. The first kappa shape index (κ1) is 13.7. The van der Waals surface area contributed by atoms with Crippen molar-refractivity contribution in [3.8, 4) is 0 Å². The molecule has 0 radical (unpaired) electrons. The Kier molecular flexibility index (Phi) is 4.29. The molecular weight excluding hydrogens is 214 g/mol. The van der Waals surface area contributed by atoms with E-state index in [9.17, 15) is 9.90 Å². The summed E-state index contributed by atoms with van der Waals surface area (Å²) in [5.41, 5.74) is 0.657. The molecule has 0 aliphatic carbocycles. The van der Waals surface area contributed by atoms with E-state index < -0.39 is 12.0 Å². The lowest BCUT2D eigenvalue weighted by atomic mass is 9.98. The second kappa shape index (κ2) is 5.32. The van der Waals surface area contributed by atoms with Crippen LogP contribution in [-0.4, -0.2) is 28.1 Å². The van der Waals surface area contributed by atoms with Crippen molar-refractivity contribution in [1.82, 2.24) is 4.90 Å². The molecule has 1 aromatic rings. The van der Waals surface area contributed by atoms with Gasteiger partial charge in [0, 0.05) is 5.54 Å². The third-order valence-electron chi connectivity index (χ3n) is 2.86. The van der Waals surface area contributed by atoms with Gasteiger partial charge >= 0.3 is 5.97 Å². The Morgan fingerprint density at radius 2 is 1.82 bits per heavy atom. The van der Waals surface area contributed by atoms with E-state index in [0.29, 0.717) is 6.54 Å². The highest BCUT2D eigenvalue weighted by Gasteiger charge is 2.33. The van der Waals surface area contributed by atoms with Gasteiger partial charge in [0.2, 0.25) is 0 Å². The van der Waals surface area contributed by atoms with Gasteiger partial charge in [-0.05, 0) is 32.9 Å². The van der Waals surface area contributed by atoms with Crippen molar-refractivity contribution in [2.45, 2.75) is 39.3 Å². The third kappa shape index (κ3) is 3.30. The number of nitrogens with zero attached hydrogens (tertiary/aromatic N) is 1. The Morgan fingerprint density at radius 3 is 2.18 bits per heavy atom. The van der Waals surface area contributed by atoms with E-state index in [2.05, 4.69) is 0 Å². The van der Waals surface area contributed by atoms with E-state index in [1.54, 1.807) is 0 Å². The third-order valence-corrected chi connectivity index (χ3v) is 2.86. The summed E-state index contributed by atoms with van der Waals surface area (Å²) in [6, 6.07) is 8.81. The molecule has 0 aliphatic rings. The van der Waals surface area contributed by atoms with Crippen LogP contribution in [0.5, 0.6) is 0 Å². The van der Waals surface area contributed by atoms with E-state index in [1.807, 2.05) is 62.9 Å². The highest BCUT2D eigenvalue weighted by molar-refractivity contribution is 5.75. The molecule has 1 rings (SSSR count). The van der Waals surface area contributed by atoms with Crippen LogP contribution < -0.4 is 0 Å². The highest BCUT2D eigenvalue weighted by atomic mass is 16.4. The minimum absolute atomic E-state index is 0.173. The second-order valence-corrected chi connectivity index (χ2v) is 5.11. The molecule has 0 bridgehead atoms. The van der Waals surface area contributed by atoms with Gasteiger partial charge in [0.05, 0.1) is 0 Å². The molecule has 1 N–H and O–H groups in total. The summed E-state index contributed by atoms with van der Waals surface area (Å²) in [4.78, 5) is 13.5. The van der Waals surface area contributed by atoms with Gasteiger partial charge in [-0.1, -0.05) is 37.3 Å². The van der Waals surface area contributed by atoms with E-state index in [0.717, 1.165) is 5.56 Å². The first-order valence-corrected chi connectivity index (χ1v) is 5.92. The molecule has 3 heteroatoms. The smallest absolute Gasteiger partial charge is 0.325 e. The molecule has 1 aromatic carbocycles. The Balaban J connectivity index is 3.14. The molecule has 1 atom stereocenters. The van der Waals surface area contributed by atoms with Crippen LogP contribution in [0, 0.1) is 0 Å². The summed E-state index contributed by atoms with van der Waals surface area (Å²) in [6.45, 7) is 8.81. The fraction of sp³-hybridized carbons (Fsp3) is 0.500. The molecule has 17 heavy (non-hydrogen) atoms. The topological polar surface area (TPSA) is 40.5 Å². The molecule has 3 nitrogen and oxygen atoms in total. The summed E-state index contributed by atoms with van der Waals surface area (Å²) in [6.07, 6.45) is 0. The largest absolute Gasteiger partial charge is 0.480 e. The summed E-state index contributed by atoms with van der Waals surface area (Å²) in [5.74, 6) is -0.798. The van der Waals surface area contributed by atoms with Crippen LogP contribution in [0.4, 0.5) is 0 Å². The molecule has 0 aliphatic heterocycles. The molecule has 1 unspecified atom stereocenters. The molecular formula is C14H21NO2. The predicted molar refractivity (Wildman–Crippen MR) is 69.0 cm³/mol. The standard InChI is InChI=1S/C14H21NO2/c1-5-15(14(2,3)4)12(13(16)17)11-9-7-6-8-10-11/h6-10,12H,5H2,1-4H3,(H,16,17). The van der Waals surface area contributed by atoms with Gasteiger partial charge in [-0.15, -0.1) is 0 Å². The fourth-order valence-electron chi connectivity index (χ4n) is 2.14. The van der Waals surface area contributed by atoms with Crippen LogP contribution in [0.1, 0.15) is 39.3 Å². The normalized spacial score (nSPS) is 13.7. The van der Waals surface area contributed by atoms with Gasteiger partial charge in [-0.2, -0.15) is 0 Å². The molecule has 0 spiro atoms. The highest BCUT2D eigenvalue weighted by Crippen LogP contribution is 2.28. The van der Waals surface area contributed by atoms with Crippen LogP contribution in [0.25, 0.3) is 0 Å².